The van der Waals surface area contributed by atoms with Crippen LogP contribution in [0.2, 0.25) is 0 Å². The van der Waals surface area contributed by atoms with Crippen molar-refractivity contribution in [3.63, 3.8) is 0 Å². The van der Waals surface area contributed by atoms with E-state index < -0.39 is 0 Å². The van der Waals surface area contributed by atoms with Gasteiger partial charge in [-0.15, -0.1) is 0 Å². The molecule has 2 aliphatic rings. The van der Waals surface area contributed by atoms with Gasteiger partial charge in [0, 0.05) is 31.7 Å². The number of hydrogen-bond acceptors (Lipinski definition) is 3. The first-order valence-electron chi connectivity index (χ1n) is 7.79. The van der Waals surface area contributed by atoms with Gasteiger partial charge in [-0.2, -0.15) is 0 Å². The molecule has 2 saturated heterocycles. The molecule has 1 aromatic heterocycles. The smallest absolute Gasteiger partial charge is 0.235 e. The highest BCUT2D eigenvalue weighted by Crippen LogP contribution is 2.47. The predicted octanol–water partition coefficient (Wildman–Crippen LogP) is 2.19. The van der Waals surface area contributed by atoms with E-state index >= 15 is 0 Å². The number of amides is 1. The van der Waals surface area contributed by atoms with Crippen LogP contribution in [0, 0.1) is 5.41 Å². The fraction of sp³-hybridized carbons (Fsp3) is 0.333. The maximum atomic E-state index is 13.2. The average Bonchev–Trinajstić information content (AvgIpc) is 3.15. The lowest BCUT2D eigenvalue weighted by Crippen LogP contribution is -2.39. The molecule has 2 fully saturated rings. The van der Waals surface area contributed by atoms with Gasteiger partial charge < -0.3 is 10.2 Å². The Hall–Kier alpha value is -2.20. The van der Waals surface area contributed by atoms with Gasteiger partial charge in [-0.05, 0) is 24.1 Å². The van der Waals surface area contributed by atoms with E-state index in [1.807, 2.05) is 23.1 Å². The second-order valence-corrected chi connectivity index (χ2v) is 6.17. The highest BCUT2D eigenvalue weighted by Gasteiger charge is 2.55. The van der Waals surface area contributed by atoms with E-state index in [-0.39, 0.29) is 17.2 Å². The van der Waals surface area contributed by atoms with Gasteiger partial charge in [0.15, 0.2) is 0 Å². The van der Waals surface area contributed by atoms with E-state index in [0.29, 0.717) is 0 Å². The van der Waals surface area contributed by atoms with Gasteiger partial charge in [0.25, 0.3) is 0 Å². The first-order chi connectivity index (χ1) is 10.8. The van der Waals surface area contributed by atoms with Crippen molar-refractivity contribution in [3.05, 3.63) is 60.4 Å². The lowest BCUT2D eigenvalue weighted by atomic mass is 9.73. The third-order valence-corrected chi connectivity index (χ3v) is 5.07. The summed E-state index contributed by atoms with van der Waals surface area (Å²) in [6.45, 7) is 2.41. The molecule has 1 amide bonds. The minimum Gasteiger partial charge on any atom is -0.315 e. The Bertz CT molecular complexity index is 673. The van der Waals surface area contributed by atoms with E-state index in [9.17, 15) is 4.79 Å². The monoisotopic (exact) mass is 293 g/mol. The fourth-order valence-electron chi connectivity index (χ4n) is 3.92. The van der Waals surface area contributed by atoms with Gasteiger partial charge in [-0.25, -0.2) is 0 Å². The van der Waals surface area contributed by atoms with E-state index in [2.05, 4.69) is 34.6 Å². The zero-order chi connectivity index (χ0) is 15.0. The SMILES string of the molecule is O=C1N(c2cccnc2)CC[C@]12CNC[C@H]2c1ccccc1. The first-order valence-corrected chi connectivity index (χ1v) is 7.79. The summed E-state index contributed by atoms with van der Waals surface area (Å²) in [4.78, 5) is 19.2. The van der Waals surface area contributed by atoms with E-state index in [4.69, 9.17) is 0 Å². The molecule has 0 aliphatic carbocycles. The lowest BCUT2D eigenvalue weighted by Gasteiger charge is -2.29. The molecular formula is C18H19N3O. The van der Waals surface area contributed by atoms with Crippen LogP contribution in [0.5, 0.6) is 0 Å². The summed E-state index contributed by atoms with van der Waals surface area (Å²) < 4.78 is 0. The van der Waals surface area contributed by atoms with E-state index in [0.717, 1.165) is 31.7 Å². The number of anilines is 1. The van der Waals surface area contributed by atoms with Crippen LogP contribution in [0.1, 0.15) is 17.9 Å². The Kier molecular flexibility index (Phi) is 3.19. The highest BCUT2D eigenvalue weighted by molar-refractivity contribution is 6.01. The molecule has 2 atom stereocenters. The standard InChI is InChI=1S/C18H19N3O/c22-17-18(8-10-21(17)15-7-4-9-19-11-15)13-20-12-16(18)14-5-2-1-3-6-14/h1-7,9,11,16,20H,8,10,12-13H2/t16-,18+/m0/s1. The second-order valence-electron chi connectivity index (χ2n) is 6.17. The molecule has 0 saturated carbocycles. The maximum absolute atomic E-state index is 13.2. The summed E-state index contributed by atoms with van der Waals surface area (Å²) in [5.74, 6) is 0.488. The van der Waals surface area contributed by atoms with Crippen molar-refractivity contribution in [3.8, 4) is 0 Å². The molecule has 0 radical (unpaired) electrons. The van der Waals surface area contributed by atoms with Crippen molar-refractivity contribution in [2.24, 2.45) is 5.41 Å². The number of carbonyl (C=O) groups is 1. The van der Waals surface area contributed by atoms with Gasteiger partial charge in [0.05, 0.1) is 17.3 Å². The minimum atomic E-state index is -0.308. The molecule has 1 aromatic carbocycles. The summed E-state index contributed by atoms with van der Waals surface area (Å²) in [5, 5.41) is 3.44. The summed E-state index contributed by atoms with van der Waals surface area (Å²) in [7, 11) is 0. The first kappa shape index (κ1) is 13.5. The number of nitrogens with one attached hydrogen (secondary N) is 1. The topological polar surface area (TPSA) is 45.2 Å². The molecule has 4 nitrogen and oxygen atoms in total. The molecule has 4 rings (SSSR count). The number of carbonyl (C=O) groups excluding carboxylic acids is 1. The molecule has 4 heteroatoms. The van der Waals surface area contributed by atoms with Crippen LogP contribution in [-0.4, -0.2) is 30.5 Å². The number of nitrogens with zero attached hydrogens (tertiary/aromatic N) is 2. The van der Waals surface area contributed by atoms with Crippen molar-refractivity contribution < 1.29 is 4.79 Å². The molecule has 2 aromatic rings. The van der Waals surface area contributed by atoms with Crippen LogP contribution in [-0.2, 0) is 4.79 Å². The van der Waals surface area contributed by atoms with Crippen molar-refractivity contribution in [1.29, 1.82) is 0 Å². The van der Waals surface area contributed by atoms with Gasteiger partial charge in [-0.3, -0.25) is 9.78 Å². The Morgan fingerprint density at radius 2 is 2.05 bits per heavy atom. The maximum Gasteiger partial charge on any atom is 0.235 e. The molecule has 1 N–H and O–H groups in total. The molecule has 112 valence electrons. The van der Waals surface area contributed by atoms with Crippen LogP contribution >= 0.6 is 0 Å². The molecule has 22 heavy (non-hydrogen) atoms. The zero-order valence-electron chi connectivity index (χ0n) is 12.4. The quantitative estimate of drug-likeness (QED) is 0.923. The van der Waals surface area contributed by atoms with Gasteiger partial charge >= 0.3 is 0 Å². The van der Waals surface area contributed by atoms with Crippen LogP contribution in [0.25, 0.3) is 0 Å². The predicted molar refractivity (Wildman–Crippen MR) is 85.7 cm³/mol. The fourth-order valence-corrected chi connectivity index (χ4v) is 3.92. The van der Waals surface area contributed by atoms with Gasteiger partial charge in [0.2, 0.25) is 5.91 Å². The lowest BCUT2D eigenvalue weighted by molar-refractivity contribution is -0.125. The number of rotatable bonds is 2. The molecule has 0 unspecified atom stereocenters. The van der Waals surface area contributed by atoms with Crippen LogP contribution in [0.15, 0.2) is 54.9 Å². The Morgan fingerprint density at radius 1 is 1.18 bits per heavy atom. The number of aromatic nitrogens is 1. The Labute approximate surface area is 130 Å². The van der Waals surface area contributed by atoms with Crippen molar-refractivity contribution >= 4 is 11.6 Å². The molecular weight excluding hydrogens is 274 g/mol. The van der Waals surface area contributed by atoms with Crippen LogP contribution in [0.4, 0.5) is 5.69 Å². The summed E-state index contributed by atoms with van der Waals surface area (Å²) in [6, 6.07) is 14.3. The second kappa shape index (κ2) is 5.21. The minimum absolute atomic E-state index is 0.236. The summed E-state index contributed by atoms with van der Waals surface area (Å²) in [6.07, 6.45) is 4.41. The third-order valence-electron chi connectivity index (χ3n) is 5.07. The van der Waals surface area contributed by atoms with Crippen molar-refractivity contribution in [1.82, 2.24) is 10.3 Å². The molecule has 1 spiro atoms. The summed E-state index contributed by atoms with van der Waals surface area (Å²) >= 11 is 0. The van der Waals surface area contributed by atoms with Gasteiger partial charge in [-0.1, -0.05) is 30.3 Å². The largest absolute Gasteiger partial charge is 0.315 e. The van der Waals surface area contributed by atoms with Gasteiger partial charge in [0.1, 0.15) is 0 Å². The third kappa shape index (κ3) is 1.95. The van der Waals surface area contributed by atoms with E-state index in [1.165, 1.54) is 5.56 Å². The summed E-state index contributed by atoms with van der Waals surface area (Å²) in [5.41, 5.74) is 1.86. The van der Waals surface area contributed by atoms with Crippen molar-refractivity contribution in [2.75, 3.05) is 24.5 Å². The number of pyridine rings is 1. The molecule has 3 heterocycles. The number of benzene rings is 1. The Balaban J connectivity index is 1.68. The van der Waals surface area contributed by atoms with E-state index in [1.54, 1.807) is 12.4 Å². The Morgan fingerprint density at radius 3 is 2.82 bits per heavy atom. The van der Waals surface area contributed by atoms with Crippen LogP contribution in [0.3, 0.4) is 0 Å². The zero-order valence-corrected chi connectivity index (χ0v) is 12.4. The number of hydrogen-bond donors (Lipinski definition) is 1. The molecule has 2 aliphatic heterocycles. The average molecular weight is 293 g/mol. The normalized spacial score (nSPS) is 27.7. The molecule has 0 bridgehead atoms. The van der Waals surface area contributed by atoms with Crippen molar-refractivity contribution in [2.45, 2.75) is 12.3 Å². The van der Waals surface area contributed by atoms with Crippen LogP contribution < -0.4 is 10.2 Å². The highest BCUT2D eigenvalue weighted by atomic mass is 16.2.